The number of methoxy groups -OCH3 is 1. The Hall–Kier alpha value is -2.22. The number of carbonyl (C=O) groups is 2. The summed E-state index contributed by atoms with van der Waals surface area (Å²) in [5.41, 5.74) is -0.399. The van der Waals surface area contributed by atoms with Gasteiger partial charge in [0.15, 0.2) is 0 Å². The summed E-state index contributed by atoms with van der Waals surface area (Å²) in [5, 5.41) is 10.6. The summed E-state index contributed by atoms with van der Waals surface area (Å²) in [7, 11) is 1.25. The number of hydrogen-bond donors (Lipinski definition) is 0. The molecule has 0 saturated carbocycles. The number of aromatic nitrogens is 1. The Balaban J connectivity index is 2.96. The van der Waals surface area contributed by atoms with Crippen molar-refractivity contribution in [3.63, 3.8) is 0 Å². The van der Waals surface area contributed by atoms with Gasteiger partial charge in [0.05, 0.1) is 24.0 Å². The molecule has 0 atom stereocenters. The van der Waals surface area contributed by atoms with Gasteiger partial charge in [-0.3, -0.25) is 19.7 Å². The van der Waals surface area contributed by atoms with E-state index in [9.17, 15) is 19.7 Å². The van der Waals surface area contributed by atoms with Gasteiger partial charge in [-0.25, -0.2) is 4.98 Å². The van der Waals surface area contributed by atoms with E-state index in [1.807, 2.05) is 0 Å². The first-order chi connectivity index (χ1) is 9.90. The number of pyridine rings is 1. The van der Waals surface area contributed by atoms with E-state index in [0.717, 1.165) is 12.3 Å². The normalized spacial score (nSPS) is 10.0. The molecule has 1 rings (SSSR count). The molecule has 1 aromatic heterocycles. The van der Waals surface area contributed by atoms with Gasteiger partial charge in [-0.15, -0.1) is 0 Å². The third-order valence-corrected chi connectivity index (χ3v) is 3.05. The predicted octanol–water partition coefficient (Wildman–Crippen LogP) is 1.67. The quantitative estimate of drug-likeness (QED) is 0.342. The lowest BCUT2D eigenvalue weighted by atomic mass is 10.2. The summed E-state index contributed by atoms with van der Waals surface area (Å²) in [5.74, 6) is -0.980. The minimum absolute atomic E-state index is 0.0239. The molecule has 0 aliphatic carbocycles. The zero-order chi connectivity index (χ0) is 16.0. The molecule has 0 unspecified atom stereocenters. The van der Waals surface area contributed by atoms with Crippen LogP contribution in [0, 0.1) is 10.1 Å². The van der Waals surface area contributed by atoms with Gasteiger partial charge < -0.3 is 9.64 Å². The maximum atomic E-state index is 12.3. The number of hydrogen-bond acceptors (Lipinski definition) is 6. The monoisotopic (exact) mass is 315 g/mol. The highest BCUT2D eigenvalue weighted by Gasteiger charge is 2.22. The summed E-state index contributed by atoms with van der Waals surface area (Å²) in [6, 6.07) is 1.07. The van der Waals surface area contributed by atoms with E-state index < -0.39 is 16.8 Å². The van der Waals surface area contributed by atoms with E-state index in [0.29, 0.717) is 6.54 Å². The SMILES string of the molecule is CCN(CCC(=O)OC)C(=O)c1cc([N+](=O)[O-])cnc1Cl. The average molecular weight is 316 g/mol. The Bertz CT molecular complexity index is 564. The van der Waals surface area contributed by atoms with E-state index in [2.05, 4.69) is 9.72 Å². The number of esters is 1. The van der Waals surface area contributed by atoms with Crippen LogP contribution in [-0.2, 0) is 9.53 Å². The van der Waals surface area contributed by atoms with Crippen LogP contribution in [-0.4, -0.2) is 46.9 Å². The van der Waals surface area contributed by atoms with Gasteiger partial charge in [0, 0.05) is 19.2 Å². The maximum absolute atomic E-state index is 12.3. The Labute approximate surface area is 125 Å². The van der Waals surface area contributed by atoms with Gasteiger partial charge in [0.2, 0.25) is 0 Å². The molecule has 0 bridgehead atoms. The summed E-state index contributed by atoms with van der Waals surface area (Å²) in [4.78, 5) is 38.4. The minimum Gasteiger partial charge on any atom is -0.469 e. The first-order valence-corrected chi connectivity index (χ1v) is 6.44. The first-order valence-electron chi connectivity index (χ1n) is 6.06. The van der Waals surface area contributed by atoms with Crippen LogP contribution in [0.15, 0.2) is 12.3 Å². The fourth-order valence-corrected chi connectivity index (χ4v) is 1.77. The fourth-order valence-electron chi connectivity index (χ4n) is 1.59. The van der Waals surface area contributed by atoms with Crippen LogP contribution in [0.2, 0.25) is 5.15 Å². The second-order valence-corrected chi connectivity index (χ2v) is 4.36. The number of nitro groups is 1. The van der Waals surface area contributed by atoms with E-state index in [1.54, 1.807) is 6.92 Å². The van der Waals surface area contributed by atoms with E-state index >= 15 is 0 Å². The van der Waals surface area contributed by atoms with Crippen molar-refractivity contribution in [1.29, 1.82) is 0 Å². The molecule has 0 N–H and O–H groups in total. The number of rotatable bonds is 6. The van der Waals surface area contributed by atoms with E-state index in [4.69, 9.17) is 11.6 Å². The predicted molar refractivity (Wildman–Crippen MR) is 74.1 cm³/mol. The molecule has 0 spiro atoms. The molecular formula is C12H14ClN3O5. The fraction of sp³-hybridized carbons (Fsp3) is 0.417. The average Bonchev–Trinajstić information content (AvgIpc) is 2.47. The lowest BCUT2D eigenvalue weighted by molar-refractivity contribution is -0.385. The first kappa shape index (κ1) is 16.8. The molecule has 9 heteroatoms. The van der Waals surface area contributed by atoms with Crippen molar-refractivity contribution in [2.24, 2.45) is 0 Å². The highest BCUT2D eigenvalue weighted by molar-refractivity contribution is 6.32. The van der Waals surface area contributed by atoms with Gasteiger partial charge in [-0.05, 0) is 6.92 Å². The van der Waals surface area contributed by atoms with Gasteiger partial charge in [-0.2, -0.15) is 0 Å². The summed E-state index contributed by atoms with van der Waals surface area (Å²) < 4.78 is 4.50. The maximum Gasteiger partial charge on any atom is 0.307 e. The van der Waals surface area contributed by atoms with E-state index in [1.165, 1.54) is 12.0 Å². The van der Waals surface area contributed by atoms with Gasteiger partial charge in [0.25, 0.3) is 11.6 Å². The molecule has 21 heavy (non-hydrogen) atoms. The van der Waals surface area contributed by atoms with Gasteiger partial charge in [-0.1, -0.05) is 11.6 Å². The molecule has 0 radical (unpaired) electrons. The molecule has 0 aromatic carbocycles. The van der Waals surface area contributed by atoms with Crippen molar-refractivity contribution in [2.45, 2.75) is 13.3 Å². The van der Waals surface area contributed by atoms with Crippen molar-refractivity contribution in [1.82, 2.24) is 9.88 Å². The van der Waals surface area contributed by atoms with Crippen LogP contribution in [0.4, 0.5) is 5.69 Å². The number of nitrogens with zero attached hydrogens (tertiary/aromatic N) is 3. The van der Waals surface area contributed by atoms with Crippen molar-refractivity contribution in [3.05, 3.63) is 33.1 Å². The summed E-state index contributed by atoms with van der Waals surface area (Å²) in [6.45, 7) is 2.16. The smallest absolute Gasteiger partial charge is 0.307 e. The van der Waals surface area contributed by atoms with Gasteiger partial charge >= 0.3 is 5.97 Å². The topological polar surface area (TPSA) is 103 Å². The Morgan fingerprint density at radius 2 is 2.19 bits per heavy atom. The van der Waals surface area contributed by atoms with Gasteiger partial charge in [0.1, 0.15) is 11.3 Å². The van der Waals surface area contributed by atoms with Crippen molar-refractivity contribution in [2.75, 3.05) is 20.2 Å². The van der Waals surface area contributed by atoms with Crippen molar-refractivity contribution in [3.8, 4) is 0 Å². The lowest BCUT2D eigenvalue weighted by Crippen LogP contribution is -2.33. The minimum atomic E-state index is -0.662. The molecule has 114 valence electrons. The van der Waals surface area contributed by atoms with Crippen molar-refractivity contribution < 1.29 is 19.2 Å². The highest BCUT2D eigenvalue weighted by atomic mass is 35.5. The second-order valence-electron chi connectivity index (χ2n) is 4.00. The third-order valence-electron chi connectivity index (χ3n) is 2.75. The second kappa shape index (κ2) is 7.53. The molecule has 0 fully saturated rings. The van der Waals surface area contributed by atoms with Crippen LogP contribution in [0.5, 0.6) is 0 Å². The lowest BCUT2D eigenvalue weighted by Gasteiger charge is -2.20. The molecule has 0 aliphatic heterocycles. The molecule has 0 saturated heterocycles. The zero-order valence-electron chi connectivity index (χ0n) is 11.5. The number of halogens is 1. The standard InChI is InChI=1S/C12H14ClN3O5/c1-3-15(5-4-10(17)21-2)12(18)9-6-8(16(19)20)7-14-11(9)13/h6-7H,3-5H2,1-2H3. The summed E-state index contributed by atoms with van der Waals surface area (Å²) >= 11 is 5.81. The van der Waals surface area contributed by atoms with Crippen LogP contribution in [0.3, 0.4) is 0 Å². The van der Waals surface area contributed by atoms with Crippen molar-refractivity contribution >= 4 is 29.2 Å². The molecule has 1 amide bonds. The zero-order valence-corrected chi connectivity index (χ0v) is 12.3. The van der Waals surface area contributed by atoms with Crippen LogP contribution in [0.25, 0.3) is 0 Å². The molecule has 0 aliphatic rings. The highest BCUT2D eigenvalue weighted by Crippen LogP contribution is 2.20. The molecule has 1 aromatic rings. The summed E-state index contributed by atoms with van der Waals surface area (Å²) in [6.07, 6.45) is 1.000. The van der Waals surface area contributed by atoms with Crippen LogP contribution >= 0.6 is 11.6 Å². The van der Waals surface area contributed by atoms with Crippen LogP contribution in [0.1, 0.15) is 23.7 Å². The van der Waals surface area contributed by atoms with E-state index in [-0.39, 0.29) is 29.4 Å². The Morgan fingerprint density at radius 3 is 2.71 bits per heavy atom. The Morgan fingerprint density at radius 1 is 1.52 bits per heavy atom. The third kappa shape index (κ3) is 4.38. The van der Waals surface area contributed by atoms with Crippen LogP contribution < -0.4 is 0 Å². The molecule has 8 nitrogen and oxygen atoms in total. The largest absolute Gasteiger partial charge is 0.469 e. The number of carbonyl (C=O) groups excluding carboxylic acids is 2. The number of ether oxygens (including phenoxy) is 1. The number of amides is 1. The Kier molecular flexibility index (Phi) is 6.04. The molecule has 1 heterocycles. The molecular weight excluding hydrogens is 302 g/mol.